The Morgan fingerprint density at radius 3 is 2.85 bits per heavy atom. The van der Waals surface area contributed by atoms with Crippen LogP contribution in [-0.2, 0) is 23.7 Å². The lowest BCUT2D eigenvalue weighted by Gasteiger charge is -2.03. The van der Waals surface area contributed by atoms with E-state index in [2.05, 4.69) is 31.6 Å². The Bertz CT molecular complexity index is 721. The number of terminal acetylenes is 1. The number of benzene rings is 1. The van der Waals surface area contributed by atoms with E-state index in [1.165, 1.54) is 0 Å². The van der Waals surface area contributed by atoms with Crippen LogP contribution in [0.3, 0.4) is 0 Å². The van der Waals surface area contributed by atoms with Gasteiger partial charge in [0, 0.05) is 34.0 Å². The lowest BCUT2D eigenvalue weighted by molar-refractivity contribution is 0.601. The Balaban J connectivity index is 2.35. The first kappa shape index (κ1) is 15.1. The monoisotopic (exact) mass is 354 g/mol. The van der Waals surface area contributed by atoms with Gasteiger partial charge >= 0.3 is 0 Å². The molecule has 20 heavy (non-hydrogen) atoms. The number of aryl methyl sites for hydroxylation is 1. The Kier molecular flexibility index (Phi) is 5.24. The first-order valence-corrected chi connectivity index (χ1v) is 8.19. The van der Waals surface area contributed by atoms with E-state index in [4.69, 9.17) is 6.42 Å². The topological polar surface area (TPSA) is 62.0 Å². The van der Waals surface area contributed by atoms with Crippen LogP contribution in [0.5, 0.6) is 0 Å². The molecular formula is C14H15BrN2O2S. The van der Waals surface area contributed by atoms with Gasteiger partial charge in [0.15, 0.2) is 0 Å². The third-order valence-corrected chi connectivity index (χ3v) is 4.07. The zero-order valence-electron chi connectivity index (χ0n) is 10.8. The highest BCUT2D eigenvalue weighted by atomic mass is 79.9. The molecule has 0 saturated carbocycles. The average molecular weight is 355 g/mol. The Hall–Kier alpha value is -1.29. The molecule has 2 aromatic rings. The molecule has 4 nitrogen and oxygen atoms in total. The standard InChI is InChI=1S/C14H15BrN2O2S/c1-2-3-4-13-11(7-8-16-20(18)19)12-9-10(15)5-6-14(12)17-13/h1,5-6,9,17,20H,3-4,7-8H2,(H,16,18,19). The zero-order chi connectivity index (χ0) is 14.5. The van der Waals surface area contributed by atoms with Crippen LogP contribution in [0.2, 0.25) is 0 Å². The smallest absolute Gasteiger partial charge is 0.201 e. The van der Waals surface area contributed by atoms with Gasteiger partial charge in [0.1, 0.15) is 0 Å². The average Bonchev–Trinajstić information content (AvgIpc) is 2.74. The van der Waals surface area contributed by atoms with Crippen LogP contribution in [0.15, 0.2) is 22.7 Å². The Morgan fingerprint density at radius 2 is 2.15 bits per heavy atom. The summed E-state index contributed by atoms with van der Waals surface area (Å²) in [6.45, 7) is 0.390. The normalized spacial score (nSPS) is 11.1. The maximum Gasteiger partial charge on any atom is 0.201 e. The number of aromatic amines is 1. The van der Waals surface area contributed by atoms with Gasteiger partial charge in [-0.1, -0.05) is 15.9 Å². The van der Waals surface area contributed by atoms with Gasteiger partial charge in [-0.15, -0.1) is 12.3 Å². The lowest BCUT2D eigenvalue weighted by atomic mass is 10.1. The van der Waals surface area contributed by atoms with Crippen LogP contribution >= 0.6 is 15.9 Å². The molecule has 0 bridgehead atoms. The van der Waals surface area contributed by atoms with Crippen LogP contribution < -0.4 is 4.72 Å². The van der Waals surface area contributed by atoms with Gasteiger partial charge in [-0.25, -0.2) is 13.1 Å². The highest BCUT2D eigenvalue weighted by molar-refractivity contribution is 9.10. The van der Waals surface area contributed by atoms with Crippen LogP contribution in [-0.4, -0.2) is 19.9 Å². The molecule has 1 aromatic heterocycles. The highest BCUT2D eigenvalue weighted by Gasteiger charge is 2.11. The third-order valence-electron chi connectivity index (χ3n) is 3.09. The van der Waals surface area contributed by atoms with E-state index in [0.29, 0.717) is 19.4 Å². The van der Waals surface area contributed by atoms with E-state index in [1.807, 2.05) is 18.2 Å². The number of hydrogen-bond acceptors (Lipinski definition) is 2. The SMILES string of the molecule is C#CCCc1[nH]c2ccc(Br)cc2c1CCN[SH](=O)=O. The second-order valence-corrected chi connectivity index (χ2v) is 6.14. The van der Waals surface area contributed by atoms with Crippen LogP contribution in [0.25, 0.3) is 10.9 Å². The molecule has 0 aliphatic carbocycles. The van der Waals surface area contributed by atoms with Crippen molar-refractivity contribution >= 4 is 37.7 Å². The fraction of sp³-hybridized carbons (Fsp3) is 0.286. The van der Waals surface area contributed by atoms with Gasteiger partial charge in [0.05, 0.1) is 0 Å². The number of halogens is 1. The largest absolute Gasteiger partial charge is 0.358 e. The molecule has 1 heterocycles. The second-order valence-electron chi connectivity index (χ2n) is 4.39. The predicted molar refractivity (Wildman–Crippen MR) is 85.2 cm³/mol. The van der Waals surface area contributed by atoms with Crippen molar-refractivity contribution in [3.8, 4) is 12.3 Å². The van der Waals surface area contributed by atoms with E-state index >= 15 is 0 Å². The first-order valence-electron chi connectivity index (χ1n) is 6.22. The van der Waals surface area contributed by atoms with Crippen LogP contribution in [0, 0.1) is 12.3 Å². The number of thiol groups is 1. The Labute approximate surface area is 128 Å². The summed E-state index contributed by atoms with van der Waals surface area (Å²) >= 11 is 3.46. The highest BCUT2D eigenvalue weighted by Crippen LogP contribution is 2.27. The minimum Gasteiger partial charge on any atom is -0.358 e. The molecule has 0 fully saturated rings. The molecule has 6 heteroatoms. The van der Waals surface area contributed by atoms with E-state index in [0.717, 1.165) is 33.1 Å². The van der Waals surface area contributed by atoms with Crippen molar-refractivity contribution in [2.75, 3.05) is 6.54 Å². The number of hydrogen-bond donors (Lipinski definition) is 3. The second kappa shape index (κ2) is 6.93. The first-order chi connectivity index (χ1) is 9.61. The summed E-state index contributed by atoms with van der Waals surface area (Å²) in [6, 6.07) is 6.02. The van der Waals surface area contributed by atoms with Gasteiger partial charge in [0.2, 0.25) is 10.9 Å². The van der Waals surface area contributed by atoms with Gasteiger partial charge in [0.25, 0.3) is 0 Å². The van der Waals surface area contributed by atoms with Crippen LogP contribution in [0.4, 0.5) is 0 Å². The third kappa shape index (κ3) is 3.63. The van der Waals surface area contributed by atoms with Gasteiger partial charge in [-0.05, 0) is 36.6 Å². The summed E-state index contributed by atoms with van der Waals surface area (Å²) in [4.78, 5) is 3.37. The summed E-state index contributed by atoms with van der Waals surface area (Å²) in [7, 11) is -2.55. The number of rotatable bonds is 6. The van der Waals surface area contributed by atoms with Crippen molar-refractivity contribution in [3.05, 3.63) is 33.9 Å². The summed E-state index contributed by atoms with van der Waals surface area (Å²) in [5.74, 6) is 2.63. The van der Waals surface area contributed by atoms with Crippen molar-refractivity contribution in [1.82, 2.24) is 9.71 Å². The van der Waals surface area contributed by atoms with Gasteiger partial charge in [-0.3, -0.25) is 0 Å². The van der Waals surface area contributed by atoms with Crippen molar-refractivity contribution in [2.45, 2.75) is 19.3 Å². The molecule has 0 spiro atoms. The molecule has 0 aliphatic heterocycles. The van der Waals surface area contributed by atoms with Crippen molar-refractivity contribution in [1.29, 1.82) is 0 Å². The zero-order valence-corrected chi connectivity index (χ0v) is 13.3. The number of H-pyrrole nitrogens is 1. The molecule has 0 unspecified atom stereocenters. The summed E-state index contributed by atoms with van der Waals surface area (Å²) in [6.07, 6.45) is 7.38. The number of fused-ring (bicyclic) bond motifs is 1. The molecule has 1 aromatic carbocycles. The van der Waals surface area contributed by atoms with Crippen LogP contribution in [0.1, 0.15) is 17.7 Å². The fourth-order valence-corrected chi connectivity index (χ4v) is 2.90. The molecule has 106 valence electrons. The minimum absolute atomic E-state index is 0.390. The summed E-state index contributed by atoms with van der Waals surface area (Å²) in [5.41, 5.74) is 3.25. The summed E-state index contributed by atoms with van der Waals surface area (Å²) in [5, 5.41) is 1.11. The molecule has 2 rings (SSSR count). The van der Waals surface area contributed by atoms with E-state index in [-0.39, 0.29) is 0 Å². The van der Waals surface area contributed by atoms with E-state index in [9.17, 15) is 8.42 Å². The van der Waals surface area contributed by atoms with Crippen molar-refractivity contribution in [3.63, 3.8) is 0 Å². The van der Waals surface area contributed by atoms with Crippen molar-refractivity contribution in [2.24, 2.45) is 0 Å². The molecule has 0 atom stereocenters. The summed E-state index contributed by atoms with van der Waals surface area (Å²) < 4.78 is 24.6. The predicted octanol–water partition coefficient (Wildman–Crippen LogP) is 2.15. The minimum atomic E-state index is -2.55. The van der Waals surface area contributed by atoms with Crippen molar-refractivity contribution < 1.29 is 8.42 Å². The molecule has 0 amide bonds. The lowest BCUT2D eigenvalue weighted by Crippen LogP contribution is -2.15. The molecule has 0 saturated heterocycles. The maximum atomic E-state index is 10.6. The molecular weight excluding hydrogens is 340 g/mol. The number of nitrogens with one attached hydrogen (secondary N) is 2. The maximum absolute atomic E-state index is 10.6. The van der Waals surface area contributed by atoms with Gasteiger partial charge in [-0.2, -0.15) is 0 Å². The number of aromatic nitrogens is 1. The Morgan fingerprint density at radius 1 is 1.35 bits per heavy atom. The quantitative estimate of drug-likeness (QED) is 0.549. The molecule has 0 aliphatic rings. The van der Waals surface area contributed by atoms with E-state index < -0.39 is 10.9 Å². The molecule has 0 radical (unpaired) electrons. The molecule has 2 N–H and O–H groups in total. The van der Waals surface area contributed by atoms with E-state index in [1.54, 1.807) is 0 Å². The van der Waals surface area contributed by atoms with Gasteiger partial charge < -0.3 is 4.98 Å². The fourth-order valence-electron chi connectivity index (χ4n) is 2.24.